The SMILES string of the molecule is C=C[C@@H](O)C(F)(F)P(=O)(OCC)OCC. The van der Waals surface area contributed by atoms with Gasteiger partial charge in [0.15, 0.2) is 0 Å². The first-order valence-electron chi connectivity index (χ1n) is 4.43. The third kappa shape index (κ3) is 3.08. The molecule has 0 saturated heterocycles. The van der Waals surface area contributed by atoms with Crippen LogP contribution in [0, 0.1) is 0 Å². The molecule has 0 rings (SSSR count). The molecule has 0 spiro atoms. The van der Waals surface area contributed by atoms with Crippen LogP contribution in [0.3, 0.4) is 0 Å². The molecule has 1 N–H and O–H groups in total. The molecule has 4 nitrogen and oxygen atoms in total. The normalized spacial score (nSPS) is 15.0. The van der Waals surface area contributed by atoms with Crippen LogP contribution in [0.4, 0.5) is 8.78 Å². The van der Waals surface area contributed by atoms with E-state index in [0.717, 1.165) is 0 Å². The third-order valence-electron chi connectivity index (χ3n) is 1.54. The van der Waals surface area contributed by atoms with Crippen LogP contribution in [0.25, 0.3) is 0 Å². The van der Waals surface area contributed by atoms with E-state index < -0.39 is 19.4 Å². The van der Waals surface area contributed by atoms with Crippen molar-refractivity contribution in [3.63, 3.8) is 0 Å². The number of hydrogen-bond donors (Lipinski definition) is 1. The van der Waals surface area contributed by atoms with E-state index in [-0.39, 0.29) is 13.2 Å². The van der Waals surface area contributed by atoms with Gasteiger partial charge in [-0.05, 0) is 13.8 Å². The van der Waals surface area contributed by atoms with Gasteiger partial charge in [-0.2, -0.15) is 8.78 Å². The fraction of sp³-hybridized carbons (Fsp3) is 0.750. The first-order chi connectivity index (χ1) is 6.85. The molecule has 0 unspecified atom stereocenters. The Kier molecular flexibility index (Phi) is 5.59. The van der Waals surface area contributed by atoms with Gasteiger partial charge in [-0.25, -0.2) is 0 Å². The first-order valence-corrected chi connectivity index (χ1v) is 5.97. The van der Waals surface area contributed by atoms with Gasteiger partial charge in [0, 0.05) is 0 Å². The van der Waals surface area contributed by atoms with Crippen molar-refractivity contribution in [1.29, 1.82) is 0 Å². The average Bonchev–Trinajstić information content (AvgIpc) is 2.17. The summed E-state index contributed by atoms with van der Waals surface area (Å²) in [5, 5.41) is 8.97. The monoisotopic (exact) mass is 244 g/mol. The van der Waals surface area contributed by atoms with Crippen molar-refractivity contribution in [3.8, 4) is 0 Å². The zero-order valence-corrected chi connectivity index (χ0v) is 9.55. The van der Waals surface area contributed by atoms with Gasteiger partial charge < -0.3 is 14.2 Å². The minimum absolute atomic E-state index is 0.198. The maximum atomic E-state index is 13.4. The maximum Gasteiger partial charge on any atom is 0.402 e. The first kappa shape index (κ1) is 14.7. The molecule has 90 valence electrons. The van der Waals surface area contributed by atoms with Crippen molar-refractivity contribution in [2.45, 2.75) is 25.6 Å². The van der Waals surface area contributed by atoms with Gasteiger partial charge in [0.2, 0.25) is 0 Å². The van der Waals surface area contributed by atoms with Gasteiger partial charge in [-0.15, -0.1) is 6.58 Å². The molecule has 0 aromatic rings. The fourth-order valence-electron chi connectivity index (χ4n) is 0.853. The van der Waals surface area contributed by atoms with Crippen LogP contribution in [0.15, 0.2) is 12.7 Å². The minimum Gasteiger partial charge on any atom is -0.382 e. The highest BCUT2D eigenvalue weighted by molar-refractivity contribution is 7.55. The maximum absolute atomic E-state index is 13.4. The van der Waals surface area contributed by atoms with Crippen molar-refractivity contribution < 1.29 is 27.5 Å². The van der Waals surface area contributed by atoms with E-state index in [1.807, 2.05) is 0 Å². The molecule has 0 heterocycles. The molecule has 0 aliphatic rings. The molecule has 15 heavy (non-hydrogen) atoms. The lowest BCUT2D eigenvalue weighted by Crippen LogP contribution is -2.33. The molecule has 0 radical (unpaired) electrons. The van der Waals surface area contributed by atoms with E-state index in [4.69, 9.17) is 5.11 Å². The number of aliphatic hydroxyl groups excluding tert-OH is 1. The van der Waals surface area contributed by atoms with Gasteiger partial charge in [-0.3, -0.25) is 4.57 Å². The summed E-state index contributed by atoms with van der Waals surface area (Å²) >= 11 is 0. The Bertz CT molecular complexity index is 247. The van der Waals surface area contributed by atoms with E-state index in [1.54, 1.807) is 0 Å². The van der Waals surface area contributed by atoms with Crippen LogP contribution in [-0.2, 0) is 13.6 Å². The van der Waals surface area contributed by atoms with Crippen LogP contribution < -0.4 is 0 Å². The Hall–Kier alpha value is -0.290. The molecule has 7 heteroatoms. The van der Waals surface area contributed by atoms with Crippen molar-refractivity contribution in [3.05, 3.63) is 12.7 Å². The topological polar surface area (TPSA) is 55.8 Å². The smallest absolute Gasteiger partial charge is 0.382 e. The molecular weight excluding hydrogens is 229 g/mol. The molecule has 0 aromatic carbocycles. The lowest BCUT2D eigenvalue weighted by molar-refractivity contribution is -0.0433. The van der Waals surface area contributed by atoms with Crippen LogP contribution in [0.1, 0.15) is 13.8 Å². The van der Waals surface area contributed by atoms with Crippen molar-refractivity contribution in [1.82, 2.24) is 0 Å². The highest BCUT2D eigenvalue weighted by Gasteiger charge is 2.57. The summed E-state index contributed by atoms with van der Waals surface area (Å²) in [6, 6.07) is 0. The minimum atomic E-state index is -4.65. The summed E-state index contributed by atoms with van der Waals surface area (Å²) < 4.78 is 47.3. The Labute approximate surface area is 87.4 Å². The molecule has 1 atom stereocenters. The Morgan fingerprint density at radius 3 is 2.13 bits per heavy atom. The quantitative estimate of drug-likeness (QED) is 0.551. The Morgan fingerprint density at radius 2 is 1.87 bits per heavy atom. The molecule has 0 saturated carbocycles. The Morgan fingerprint density at radius 1 is 1.47 bits per heavy atom. The number of hydrogen-bond acceptors (Lipinski definition) is 4. The highest BCUT2D eigenvalue weighted by Crippen LogP contribution is 2.63. The summed E-state index contributed by atoms with van der Waals surface area (Å²) in [7, 11) is -4.65. The number of rotatable bonds is 7. The summed E-state index contributed by atoms with van der Waals surface area (Å²) in [6.07, 6.45) is -1.67. The van der Waals surface area contributed by atoms with Gasteiger partial charge in [0.1, 0.15) is 6.10 Å². The van der Waals surface area contributed by atoms with Crippen LogP contribution in [-0.4, -0.2) is 30.1 Å². The summed E-state index contributed by atoms with van der Waals surface area (Å²) in [6.45, 7) is 5.41. The standard InChI is InChI=1S/C8H15F2O4P/c1-4-7(11)8(9,10)15(12,13-5-2)14-6-3/h4,7,11H,1,5-6H2,2-3H3/t7-/m1/s1. The molecular formula is C8H15F2O4P. The second-order valence-corrected chi connectivity index (χ2v) is 4.71. The molecule has 0 aliphatic carbocycles. The van der Waals surface area contributed by atoms with Crippen LogP contribution in [0.2, 0.25) is 0 Å². The van der Waals surface area contributed by atoms with Crippen molar-refractivity contribution in [2.24, 2.45) is 0 Å². The molecule has 0 bridgehead atoms. The van der Waals surface area contributed by atoms with Gasteiger partial charge in [0.25, 0.3) is 0 Å². The largest absolute Gasteiger partial charge is 0.402 e. The van der Waals surface area contributed by atoms with Gasteiger partial charge in [-0.1, -0.05) is 6.08 Å². The van der Waals surface area contributed by atoms with E-state index >= 15 is 0 Å². The lowest BCUT2D eigenvalue weighted by atomic mass is 10.4. The third-order valence-corrected chi connectivity index (χ3v) is 3.73. The summed E-state index contributed by atoms with van der Waals surface area (Å²) in [4.78, 5) is 0. The zero-order valence-electron chi connectivity index (χ0n) is 8.65. The van der Waals surface area contributed by atoms with E-state index in [0.29, 0.717) is 6.08 Å². The number of halogens is 2. The lowest BCUT2D eigenvalue weighted by Gasteiger charge is -2.27. The fourth-order valence-corrected chi connectivity index (χ4v) is 2.38. The van der Waals surface area contributed by atoms with E-state index in [2.05, 4.69) is 15.6 Å². The van der Waals surface area contributed by atoms with E-state index in [1.165, 1.54) is 13.8 Å². The molecule has 0 aromatic heterocycles. The second kappa shape index (κ2) is 5.70. The van der Waals surface area contributed by atoms with Gasteiger partial charge in [0.05, 0.1) is 13.2 Å². The molecule has 0 aliphatic heterocycles. The summed E-state index contributed by atoms with van der Waals surface area (Å²) in [5.41, 5.74) is -3.99. The average molecular weight is 244 g/mol. The van der Waals surface area contributed by atoms with Crippen molar-refractivity contribution >= 4 is 7.60 Å². The molecule has 0 fully saturated rings. The van der Waals surface area contributed by atoms with Crippen molar-refractivity contribution in [2.75, 3.05) is 13.2 Å². The van der Waals surface area contributed by atoms with Gasteiger partial charge >= 0.3 is 13.3 Å². The summed E-state index contributed by atoms with van der Waals surface area (Å²) in [5.74, 6) is 0. The van der Waals surface area contributed by atoms with Crippen LogP contribution >= 0.6 is 7.60 Å². The van der Waals surface area contributed by atoms with Crippen LogP contribution in [0.5, 0.6) is 0 Å². The number of aliphatic hydroxyl groups is 1. The highest BCUT2D eigenvalue weighted by atomic mass is 31.2. The number of alkyl halides is 2. The van der Waals surface area contributed by atoms with E-state index in [9.17, 15) is 13.3 Å². The second-order valence-electron chi connectivity index (χ2n) is 2.60. The Balaban J connectivity index is 5.04. The predicted octanol–water partition coefficient (Wildman–Crippen LogP) is 2.39. The zero-order chi connectivity index (χ0) is 12.1. The predicted molar refractivity (Wildman–Crippen MR) is 52.0 cm³/mol. The molecule has 0 amide bonds.